The molecule has 4 N–H and O–H groups in total. The van der Waals surface area contributed by atoms with Crippen LogP contribution in [0.15, 0.2) is 35.4 Å². The summed E-state index contributed by atoms with van der Waals surface area (Å²) in [6, 6.07) is 7.47. The molecule has 0 radical (unpaired) electrons. The molecule has 0 aromatic heterocycles. The maximum atomic E-state index is 11.7. The molecular weight excluding hydrogens is 232 g/mol. The lowest BCUT2D eigenvalue weighted by molar-refractivity contribution is -0.126. The van der Waals surface area contributed by atoms with E-state index in [1.54, 1.807) is 6.08 Å². The molecule has 6 nitrogen and oxygen atoms in total. The highest BCUT2D eigenvalue weighted by Gasteiger charge is 2.13. The van der Waals surface area contributed by atoms with Gasteiger partial charge in [-0.2, -0.15) is 5.10 Å². The molecule has 0 spiro atoms. The number of para-hydroxylation sites is 1. The van der Waals surface area contributed by atoms with Crippen molar-refractivity contribution in [1.82, 2.24) is 5.32 Å². The molecule has 92 valence electrons. The molecule has 0 saturated heterocycles. The second-order valence-electron chi connectivity index (χ2n) is 3.61. The van der Waals surface area contributed by atoms with E-state index in [1.807, 2.05) is 24.3 Å². The van der Waals surface area contributed by atoms with Gasteiger partial charge in [0.05, 0.1) is 12.2 Å². The Hall–Kier alpha value is -2.47. The average Bonchev–Trinajstić information content (AvgIpc) is 2.61. The second kappa shape index (κ2) is 5.24. The highest BCUT2D eigenvalue weighted by atomic mass is 16.2. The molecule has 1 aromatic carbocycles. The van der Waals surface area contributed by atoms with Gasteiger partial charge in [-0.25, -0.2) is 0 Å². The molecule has 0 saturated carbocycles. The normalized spacial score (nSPS) is 12.8. The van der Waals surface area contributed by atoms with Crippen LogP contribution in [0.1, 0.15) is 5.56 Å². The van der Waals surface area contributed by atoms with Crippen LogP contribution >= 0.6 is 0 Å². The predicted molar refractivity (Wildman–Crippen MR) is 68.7 cm³/mol. The molecule has 0 unspecified atom stereocenters. The summed E-state index contributed by atoms with van der Waals surface area (Å²) in [6.45, 7) is -0.240. The largest absolute Gasteiger partial charge is 0.322 e. The Balaban J connectivity index is 2.16. The zero-order valence-corrected chi connectivity index (χ0v) is 9.51. The van der Waals surface area contributed by atoms with Crippen LogP contribution in [0, 0.1) is 0 Å². The SMILES string of the molecule is NCC(=O)NC(=O)C1=NNc2ccccc2C=C1. The first kappa shape index (κ1) is 12.0. The number of hydrazone groups is 1. The number of carbonyl (C=O) groups is 2. The summed E-state index contributed by atoms with van der Waals surface area (Å²) in [5, 5.41) is 6.06. The van der Waals surface area contributed by atoms with Gasteiger partial charge in [0.15, 0.2) is 0 Å². The fraction of sp³-hybridized carbons (Fsp3) is 0.0833. The lowest BCUT2D eigenvalue weighted by Gasteiger charge is -2.03. The number of nitrogens with two attached hydrogens (primary N) is 1. The first-order valence-corrected chi connectivity index (χ1v) is 5.36. The molecule has 0 aliphatic carbocycles. The molecule has 0 atom stereocenters. The van der Waals surface area contributed by atoms with Crippen molar-refractivity contribution in [3.05, 3.63) is 35.9 Å². The lowest BCUT2D eigenvalue weighted by Crippen LogP contribution is -2.39. The first-order chi connectivity index (χ1) is 8.70. The minimum atomic E-state index is -0.581. The Bertz CT molecular complexity index is 549. The molecule has 1 heterocycles. The summed E-state index contributed by atoms with van der Waals surface area (Å²) >= 11 is 0. The Kier molecular flexibility index (Phi) is 3.49. The van der Waals surface area contributed by atoms with E-state index in [1.165, 1.54) is 6.08 Å². The zero-order chi connectivity index (χ0) is 13.0. The fourth-order valence-electron chi connectivity index (χ4n) is 1.44. The summed E-state index contributed by atoms with van der Waals surface area (Å²) in [7, 11) is 0. The molecule has 0 fully saturated rings. The van der Waals surface area contributed by atoms with Crippen LogP contribution in [-0.4, -0.2) is 24.1 Å². The van der Waals surface area contributed by atoms with Crippen LogP contribution in [-0.2, 0) is 9.59 Å². The third-order valence-electron chi connectivity index (χ3n) is 2.35. The Morgan fingerprint density at radius 1 is 1.28 bits per heavy atom. The number of nitrogens with one attached hydrogen (secondary N) is 2. The van der Waals surface area contributed by atoms with E-state index < -0.39 is 11.8 Å². The smallest absolute Gasteiger partial charge is 0.278 e. The van der Waals surface area contributed by atoms with Gasteiger partial charge in [-0.3, -0.25) is 20.3 Å². The molecule has 2 rings (SSSR count). The van der Waals surface area contributed by atoms with Gasteiger partial charge < -0.3 is 5.73 Å². The summed E-state index contributed by atoms with van der Waals surface area (Å²) < 4.78 is 0. The second-order valence-corrected chi connectivity index (χ2v) is 3.61. The highest BCUT2D eigenvalue weighted by Crippen LogP contribution is 2.18. The van der Waals surface area contributed by atoms with Crippen LogP contribution < -0.4 is 16.5 Å². The average molecular weight is 244 g/mol. The van der Waals surface area contributed by atoms with Gasteiger partial charge in [-0.15, -0.1) is 0 Å². The van der Waals surface area contributed by atoms with Crippen molar-refractivity contribution in [1.29, 1.82) is 0 Å². The molecule has 1 aromatic rings. The molecular formula is C12H12N4O2. The van der Waals surface area contributed by atoms with Crippen molar-refractivity contribution in [3.63, 3.8) is 0 Å². The number of hydrogen-bond acceptors (Lipinski definition) is 5. The van der Waals surface area contributed by atoms with Gasteiger partial charge >= 0.3 is 0 Å². The van der Waals surface area contributed by atoms with Crippen LogP contribution in [0.4, 0.5) is 5.69 Å². The van der Waals surface area contributed by atoms with Crippen LogP contribution in [0.3, 0.4) is 0 Å². The Morgan fingerprint density at radius 3 is 2.83 bits per heavy atom. The quantitative estimate of drug-likeness (QED) is 0.686. The zero-order valence-electron chi connectivity index (χ0n) is 9.51. The Labute approximate surface area is 104 Å². The fourth-order valence-corrected chi connectivity index (χ4v) is 1.44. The molecule has 18 heavy (non-hydrogen) atoms. The maximum Gasteiger partial charge on any atom is 0.278 e. The third kappa shape index (κ3) is 2.61. The molecule has 0 bridgehead atoms. The van der Waals surface area contributed by atoms with Gasteiger partial charge in [0.1, 0.15) is 5.71 Å². The highest BCUT2D eigenvalue weighted by molar-refractivity contribution is 6.46. The minimum Gasteiger partial charge on any atom is -0.322 e. The van der Waals surface area contributed by atoms with Gasteiger partial charge in [0, 0.05) is 0 Å². The first-order valence-electron chi connectivity index (χ1n) is 5.36. The van der Waals surface area contributed by atoms with Crippen molar-refractivity contribution in [2.45, 2.75) is 0 Å². The van der Waals surface area contributed by atoms with Crippen molar-refractivity contribution in [2.75, 3.05) is 12.0 Å². The van der Waals surface area contributed by atoms with E-state index >= 15 is 0 Å². The van der Waals surface area contributed by atoms with E-state index in [9.17, 15) is 9.59 Å². The van der Waals surface area contributed by atoms with Crippen molar-refractivity contribution < 1.29 is 9.59 Å². The number of rotatable bonds is 2. The van der Waals surface area contributed by atoms with Gasteiger partial charge in [0.2, 0.25) is 5.91 Å². The number of imide groups is 1. The van der Waals surface area contributed by atoms with Gasteiger partial charge in [0.25, 0.3) is 5.91 Å². The number of carbonyl (C=O) groups excluding carboxylic acids is 2. The lowest BCUT2D eigenvalue weighted by atomic mass is 10.1. The number of fused-ring (bicyclic) bond motifs is 1. The van der Waals surface area contributed by atoms with E-state index in [-0.39, 0.29) is 12.3 Å². The predicted octanol–water partition coefficient (Wildman–Crippen LogP) is 0.0828. The molecule has 1 aliphatic heterocycles. The van der Waals surface area contributed by atoms with E-state index in [0.29, 0.717) is 0 Å². The molecule has 1 aliphatic rings. The van der Waals surface area contributed by atoms with Crippen molar-refractivity contribution in [2.24, 2.45) is 10.8 Å². The standard InChI is InChI=1S/C12H12N4O2/c13-7-11(17)14-12(18)10-6-5-8-3-1-2-4-9(8)15-16-10/h1-6,15H,7,13H2,(H,14,17,18). The monoisotopic (exact) mass is 244 g/mol. The summed E-state index contributed by atoms with van der Waals surface area (Å²) in [5.41, 5.74) is 9.70. The summed E-state index contributed by atoms with van der Waals surface area (Å²) in [6.07, 6.45) is 3.29. The minimum absolute atomic E-state index is 0.119. The Morgan fingerprint density at radius 2 is 2.06 bits per heavy atom. The van der Waals surface area contributed by atoms with Crippen molar-refractivity contribution in [3.8, 4) is 0 Å². The van der Waals surface area contributed by atoms with Crippen LogP contribution in [0.2, 0.25) is 0 Å². The topological polar surface area (TPSA) is 96.6 Å². The van der Waals surface area contributed by atoms with Gasteiger partial charge in [-0.05, 0) is 17.7 Å². The van der Waals surface area contributed by atoms with Crippen molar-refractivity contribution >= 4 is 29.3 Å². The van der Waals surface area contributed by atoms with E-state index in [2.05, 4.69) is 15.8 Å². The van der Waals surface area contributed by atoms with Gasteiger partial charge in [-0.1, -0.05) is 24.3 Å². The number of anilines is 1. The number of amides is 2. The summed E-state index contributed by atoms with van der Waals surface area (Å²) in [5.74, 6) is -1.13. The number of hydrogen-bond donors (Lipinski definition) is 3. The summed E-state index contributed by atoms with van der Waals surface area (Å²) in [4.78, 5) is 22.7. The molecule has 2 amide bonds. The maximum absolute atomic E-state index is 11.7. The molecule has 6 heteroatoms. The van der Waals surface area contributed by atoms with E-state index in [4.69, 9.17) is 5.73 Å². The van der Waals surface area contributed by atoms with Crippen LogP contribution in [0.25, 0.3) is 6.08 Å². The third-order valence-corrected chi connectivity index (χ3v) is 2.35. The van der Waals surface area contributed by atoms with Crippen LogP contribution in [0.5, 0.6) is 0 Å². The van der Waals surface area contributed by atoms with E-state index in [0.717, 1.165) is 11.3 Å². The number of nitrogens with zero attached hydrogens (tertiary/aromatic N) is 1. The number of benzene rings is 1.